The Kier molecular flexibility index (Phi) is 11.1. The molecule has 2 aliphatic heterocycles. The fraction of sp³-hybridized carbons (Fsp3) is 0.393. The van der Waals surface area contributed by atoms with E-state index in [1.54, 1.807) is 0 Å². The average Bonchev–Trinajstić information content (AvgIpc) is 3.28. The molecule has 9 nitrogen and oxygen atoms in total. The first-order chi connectivity index (χ1) is 17.9. The van der Waals surface area contributed by atoms with Crippen LogP contribution in [-0.4, -0.2) is 83.5 Å². The zero-order chi connectivity index (χ0) is 26.5. The number of nitrogens with zero attached hydrogens (tertiary/aromatic N) is 2. The van der Waals surface area contributed by atoms with E-state index in [-0.39, 0.29) is 18.2 Å². The third-order valence-corrected chi connectivity index (χ3v) is 6.25. The number of carboxylic acids is 2. The lowest BCUT2D eigenvalue weighted by molar-refractivity contribution is -0.134. The number of ether oxygens (including phenoxy) is 2. The SMILES string of the molecule is O=C(O)/C=C/C(=O)O.O=C1OC(CCc2ccccc2)CN1C(CCN1CCOCC1)c1ccccc1. The maximum absolute atomic E-state index is 12.7. The second kappa shape index (κ2) is 14.8. The van der Waals surface area contributed by atoms with Crippen LogP contribution in [0.4, 0.5) is 4.79 Å². The van der Waals surface area contributed by atoms with E-state index in [4.69, 9.17) is 19.7 Å². The molecule has 2 N–H and O–H groups in total. The van der Waals surface area contributed by atoms with Gasteiger partial charge in [0, 0.05) is 31.8 Å². The van der Waals surface area contributed by atoms with Gasteiger partial charge in [-0.05, 0) is 30.4 Å². The van der Waals surface area contributed by atoms with Crippen molar-refractivity contribution < 1.29 is 34.1 Å². The van der Waals surface area contributed by atoms with E-state index in [0.29, 0.717) is 18.7 Å². The van der Waals surface area contributed by atoms with Gasteiger partial charge in [-0.1, -0.05) is 60.7 Å². The van der Waals surface area contributed by atoms with Crippen molar-refractivity contribution >= 4 is 18.0 Å². The highest BCUT2D eigenvalue weighted by Gasteiger charge is 2.36. The molecule has 2 heterocycles. The van der Waals surface area contributed by atoms with Crippen molar-refractivity contribution in [3.05, 3.63) is 83.9 Å². The minimum atomic E-state index is -1.26. The van der Waals surface area contributed by atoms with Gasteiger partial charge in [-0.25, -0.2) is 14.4 Å². The standard InChI is InChI=1S/C24H30N2O3.C4H4O4/c27-24-26(19-22(29-24)12-11-20-7-3-1-4-8-20)23(21-9-5-2-6-10-21)13-14-25-15-17-28-18-16-25;5-3(6)1-2-4(7)8/h1-10,22-23H,11-19H2;1-2H,(H,5,6)(H,7,8)/b;2-1+. The molecule has 0 radical (unpaired) electrons. The Morgan fingerprint density at radius 3 is 2.14 bits per heavy atom. The van der Waals surface area contributed by atoms with Crippen molar-refractivity contribution in [2.75, 3.05) is 39.4 Å². The number of hydrogen-bond donors (Lipinski definition) is 2. The Morgan fingerprint density at radius 2 is 1.54 bits per heavy atom. The summed E-state index contributed by atoms with van der Waals surface area (Å²) >= 11 is 0. The molecule has 0 saturated carbocycles. The van der Waals surface area contributed by atoms with Crippen molar-refractivity contribution in [1.29, 1.82) is 0 Å². The summed E-state index contributed by atoms with van der Waals surface area (Å²) in [6, 6.07) is 20.8. The molecule has 2 aromatic rings. The van der Waals surface area contributed by atoms with Crippen molar-refractivity contribution in [3.8, 4) is 0 Å². The molecule has 0 aliphatic carbocycles. The van der Waals surface area contributed by atoms with Crippen LogP contribution in [0.25, 0.3) is 0 Å². The first kappa shape index (κ1) is 27.9. The third-order valence-electron chi connectivity index (χ3n) is 6.25. The number of morpholine rings is 1. The number of carboxylic acid groups (broad SMARTS) is 2. The second-order valence-electron chi connectivity index (χ2n) is 8.86. The molecule has 37 heavy (non-hydrogen) atoms. The summed E-state index contributed by atoms with van der Waals surface area (Å²) in [6.07, 6.45) is 3.58. The summed E-state index contributed by atoms with van der Waals surface area (Å²) in [7, 11) is 0. The van der Waals surface area contributed by atoms with Crippen LogP contribution >= 0.6 is 0 Å². The molecule has 2 atom stereocenters. The number of carbonyl (C=O) groups excluding carboxylic acids is 1. The average molecular weight is 511 g/mol. The van der Waals surface area contributed by atoms with Gasteiger partial charge in [-0.3, -0.25) is 9.80 Å². The summed E-state index contributed by atoms with van der Waals surface area (Å²) < 4.78 is 11.2. The highest BCUT2D eigenvalue weighted by Crippen LogP contribution is 2.30. The van der Waals surface area contributed by atoms with E-state index < -0.39 is 11.9 Å². The molecular weight excluding hydrogens is 476 g/mol. The Hall–Kier alpha value is -3.69. The highest BCUT2D eigenvalue weighted by molar-refractivity contribution is 5.89. The first-order valence-electron chi connectivity index (χ1n) is 12.4. The molecule has 4 rings (SSSR count). The monoisotopic (exact) mass is 510 g/mol. The number of aliphatic carboxylic acids is 2. The predicted molar refractivity (Wildman–Crippen MR) is 137 cm³/mol. The van der Waals surface area contributed by atoms with Crippen molar-refractivity contribution in [1.82, 2.24) is 9.80 Å². The largest absolute Gasteiger partial charge is 0.478 e. The maximum Gasteiger partial charge on any atom is 0.410 e. The maximum atomic E-state index is 12.7. The van der Waals surface area contributed by atoms with Crippen LogP contribution < -0.4 is 0 Å². The Labute approximate surface area is 216 Å². The number of aryl methyl sites for hydroxylation is 1. The summed E-state index contributed by atoms with van der Waals surface area (Å²) in [5.74, 6) is -2.51. The van der Waals surface area contributed by atoms with E-state index in [9.17, 15) is 14.4 Å². The molecule has 2 aromatic carbocycles. The van der Waals surface area contributed by atoms with E-state index in [2.05, 4.69) is 41.3 Å². The number of amides is 1. The van der Waals surface area contributed by atoms with Crippen molar-refractivity contribution in [2.45, 2.75) is 31.4 Å². The molecule has 2 saturated heterocycles. The van der Waals surface area contributed by atoms with E-state index in [1.165, 1.54) is 11.1 Å². The normalized spacial score (nSPS) is 18.6. The molecule has 2 fully saturated rings. The van der Waals surface area contributed by atoms with Gasteiger partial charge in [0.05, 0.1) is 25.8 Å². The number of benzene rings is 2. The molecule has 1 amide bonds. The van der Waals surface area contributed by atoms with Crippen LogP contribution in [0, 0.1) is 0 Å². The van der Waals surface area contributed by atoms with Gasteiger partial charge in [-0.2, -0.15) is 0 Å². The lowest BCUT2D eigenvalue weighted by Crippen LogP contribution is -2.39. The van der Waals surface area contributed by atoms with Crippen LogP contribution in [0.15, 0.2) is 72.8 Å². The van der Waals surface area contributed by atoms with Gasteiger partial charge in [0.2, 0.25) is 0 Å². The fourth-order valence-corrected chi connectivity index (χ4v) is 4.37. The molecule has 0 aromatic heterocycles. The van der Waals surface area contributed by atoms with Crippen LogP contribution in [0.1, 0.15) is 30.0 Å². The zero-order valence-corrected chi connectivity index (χ0v) is 20.8. The topological polar surface area (TPSA) is 117 Å². The summed E-state index contributed by atoms with van der Waals surface area (Å²) in [6.45, 7) is 5.14. The van der Waals surface area contributed by atoms with Crippen molar-refractivity contribution in [2.24, 2.45) is 0 Å². The smallest absolute Gasteiger partial charge is 0.410 e. The molecule has 198 valence electrons. The molecule has 2 unspecified atom stereocenters. The quantitative estimate of drug-likeness (QED) is 0.466. The minimum absolute atomic E-state index is 0.0442. The first-order valence-corrected chi connectivity index (χ1v) is 12.4. The van der Waals surface area contributed by atoms with Crippen LogP contribution in [0.5, 0.6) is 0 Å². The predicted octanol–water partition coefficient (Wildman–Crippen LogP) is 3.62. The van der Waals surface area contributed by atoms with Gasteiger partial charge >= 0.3 is 18.0 Å². The van der Waals surface area contributed by atoms with Crippen LogP contribution in [0.3, 0.4) is 0 Å². The lowest BCUT2D eigenvalue weighted by Gasteiger charge is -2.31. The Bertz CT molecular complexity index is 1010. The minimum Gasteiger partial charge on any atom is -0.478 e. The number of rotatable bonds is 10. The van der Waals surface area contributed by atoms with Gasteiger partial charge in [0.25, 0.3) is 0 Å². The molecule has 0 spiro atoms. The highest BCUT2D eigenvalue weighted by atomic mass is 16.6. The van der Waals surface area contributed by atoms with Crippen LogP contribution in [0.2, 0.25) is 0 Å². The summed E-state index contributed by atoms with van der Waals surface area (Å²) in [5, 5.41) is 15.6. The van der Waals surface area contributed by atoms with Crippen molar-refractivity contribution in [3.63, 3.8) is 0 Å². The van der Waals surface area contributed by atoms with Gasteiger partial charge in [-0.15, -0.1) is 0 Å². The van der Waals surface area contributed by atoms with Crippen LogP contribution in [-0.2, 0) is 25.5 Å². The lowest BCUT2D eigenvalue weighted by atomic mass is 10.0. The van der Waals surface area contributed by atoms with E-state index >= 15 is 0 Å². The van der Waals surface area contributed by atoms with Gasteiger partial charge < -0.3 is 19.7 Å². The molecule has 9 heteroatoms. The number of hydrogen-bond acceptors (Lipinski definition) is 6. The van der Waals surface area contributed by atoms with E-state index in [0.717, 1.165) is 52.1 Å². The second-order valence-corrected chi connectivity index (χ2v) is 8.86. The summed E-state index contributed by atoms with van der Waals surface area (Å²) in [5.41, 5.74) is 2.47. The van der Waals surface area contributed by atoms with Gasteiger partial charge in [0.1, 0.15) is 6.10 Å². The molecular formula is C28H34N2O7. The van der Waals surface area contributed by atoms with Gasteiger partial charge in [0.15, 0.2) is 0 Å². The van der Waals surface area contributed by atoms with E-state index in [1.807, 2.05) is 29.2 Å². The molecule has 0 bridgehead atoms. The third kappa shape index (κ3) is 9.70. The Morgan fingerprint density at radius 1 is 0.946 bits per heavy atom. The molecule has 2 aliphatic rings. The zero-order valence-electron chi connectivity index (χ0n) is 20.8. The summed E-state index contributed by atoms with van der Waals surface area (Å²) in [4.78, 5) is 36.2. The Balaban J connectivity index is 0.000000414. The fourth-order valence-electron chi connectivity index (χ4n) is 4.37. The number of cyclic esters (lactones) is 1. The number of carbonyl (C=O) groups is 3.